The van der Waals surface area contributed by atoms with E-state index in [4.69, 9.17) is 11.6 Å². The summed E-state index contributed by atoms with van der Waals surface area (Å²) >= 11 is 9.08. The maximum Gasteiger partial charge on any atom is 0.132 e. The summed E-state index contributed by atoms with van der Waals surface area (Å²) in [5.74, 6) is -1.04. The van der Waals surface area contributed by atoms with Gasteiger partial charge in [0.15, 0.2) is 0 Å². The average Bonchev–Trinajstić information content (AvgIpc) is 2.23. The van der Waals surface area contributed by atoms with Crippen LogP contribution < -0.4 is 0 Å². The van der Waals surface area contributed by atoms with Crippen molar-refractivity contribution in [2.75, 3.05) is 0 Å². The lowest BCUT2D eigenvalue weighted by Crippen LogP contribution is -1.89. The maximum absolute atomic E-state index is 13.6. The van der Waals surface area contributed by atoms with Gasteiger partial charge in [-0.05, 0) is 30.3 Å². The Morgan fingerprint density at radius 2 is 1.75 bits per heavy atom. The first-order chi connectivity index (χ1) is 7.59. The van der Waals surface area contributed by atoms with Gasteiger partial charge in [0.05, 0.1) is 5.02 Å². The number of hydrogen-bond donors (Lipinski definition) is 0. The van der Waals surface area contributed by atoms with Crippen LogP contribution in [0.25, 0.3) is 11.1 Å². The highest BCUT2D eigenvalue weighted by Crippen LogP contribution is 2.33. The van der Waals surface area contributed by atoms with Crippen LogP contribution >= 0.6 is 27.5 Å². The largest absolute Gasteiger partial charge is 0.206 e. The van der Waals surface area contributed by atoms with Crippen LogP contribution in [0.5, 0.6) is 0 Å². The molecule has 0 heterocycles. The average molecular weight is 304 g/mol. The molecule has 0 bridgehead atoms. The summed E-state index contributed by atoms with van der Waals surface area (Å²) < 4.78 is 27.8. The minimum atomic E-state index is -0.537. The van der Waals surface area contributed by atoms with Crippen LogP contribution in [0.4, 0.5) is 8.78 Å². The van der Waals surface area contributed by atoms with E-state index in [1.807, 2.05) is 0 Å². The van der Waals surface area contributed by atoms with Gasteiger partial charge in [0, 0.05) is 15.6 Å². The van der Waals surface area contributed by atoms with E-state index in [0.29, 0.717) is 4.47 Å². The van der Waals surface area contributed by atoms with Gasteiger partial charge in [0.1, 0.15) is 11.6 Å². The summed E-state index contributed by atoms with van der Waals surface area (Å²) in [4.78, 5) is 0. The third kappa shape index (κ3) is 2.11. The fraction of sp³-hybridized carbons (Fsp3) is 0. The van der Waals surface area contributed by atoms with E-state index >= 15 is 0 Å². The molecule has 0 aliphatic carbocycles. The van der Waals surface area contributed by atoms with Gasteiger partial charge in [0.2, 0.25) is 0 Å². The first-order valence-corrected chi connectivity index (χ1v) is 5.66. The van der Waals surface area contributed by atoms with Crippen molar-refractivity contribution in [3.05, 3.63) is 57.5 Å². The molecule has 0 aliphatic rings. The number of halogens is 4. The standard InChI is InChI=1S/C12H6BrClF2/c13-7-4-5-10(15)8(6-7)12-9(14)2-1-3-11(12)16/h1-6H. The van der Waals surface area contributed by atoms with E-state index < -0.39 is 11.6 Å². The van der Waals surface area contributed by atoms with Crippen molar-refractivity contribution in [3.8, 4) is 11.1 Å². The SMILES string of the molecule is Fc1ccc(Br)cc1-c1c(F)cccc1Cl. The maximum atomic E-state index is 13.6. The summed E-state index contributed by atoms with van der Waals surface area (Å²) in [5.41, 5.74) is 0.237. The molecule has 0 aliphatic heterocycles. The molecule has 0 saturated heterocycles. The van der Waals surface area contributed by atoms with Crippen molar-refractivity contribution in [3.63, 3.8) is 0 Å². The van der Waals surface area contributed by atoms with Crippen LogP contribution in [-0.2, 0) is 0 Å². The molecule has 0 N–H and O–H groups in total. The molecule has 2 aromatic rings. The van der Waals surface area contributed by atoms with Gasteiger partial charge in [-0.3, -0.25) is 0 Å². The Bertz CT molecular complexity index is 520. The zero-order chi connectivity index (χ0) is 11.7. The second kappa shape index (κ2) is 4.52. The molecular weight excluding hydrogens is 297 g/mol. The van der Waals surface area contributed by atoms with Gasteiger partial charge >= 0.3 is 0 Å². The van der Waals surface area contributed by atoms with Gasteiger partial charge in [-0.2, -0.15) is 0 Å². The molecule has 0 atom stereocenters. The molecule has 0 fully saturated rings. The fourth-order valence-electron chi connectivity index (χ4n) is 1.44. The van der Waals surface area contributed by atoms with Crippen molar-refractivity contribution in [2.24, 2.45) is 0 Å². The molecule has 0 saturated carbocycles. The molecule has 0 nitrogen and oxygen atoms in total. The lowest BCUT2D eigenvalue weighted by atomic mass is 10.0. The number of rotatable bonds is 1. The number of hydrogen-bond acceptors (Lipinski definition) is 0. The van der Waals surface area contributed by atoms with Crippen LogP contribution in [0.15, 0.2) is 40.9 Å². The number of benzene rings is 2. The van der Waals surface area contributed by atoms with E-state index in [0.717, 1.165) is 0 Å². The zero-order valence-corrected chi connectivity index (χ0v) is 10.3. The Balaban J connectivity index is 2.72. The lowest BCUT2D eigenvalue weighted by Gasteiger charge is -2.07. The predicted octanol–water partition coefficient (Wildman–Crippen LogP) is 5.05. The van der Waals surface area contributed by atoms with E-state index in [1.54, 1.807) is 6.07 Å². The summed E-state index contributed by atoms with van der Waals surface area (Å²) in [7, 11) is 0. The highest BCUT2D eigenvalue weighted by molar-refractivity contribution is 9.10. The summed E-state index contributed by atoms with van der Waals surface area (Å²) in [6.07, 6.45) is 0. The van der Waals surface area contributed by atoms with Crippen molar-refractivity contribution >= 4 is 27.5 Å². The first kappa shape index (κ1) is 11.6. The minimum absolute atomic E-state index is 0.0861. The zero-order valence-electron chi connectivity index (χ0n) is 7.98. The van der Waals surface area contributed by atoms with Gasteiger partial charge in [-0.1, -0.05) is 33.6 Å². The Labute approximate surface area is 105 Å². The highest BCUT2D eigenvalue weighted by Gasteiger charge is 2.13. The van der Waals surface area contributed by atoms with Gasteiger partial charge in [0.25, 0.3) is 0 Å². The molecule has 2 aromatic carbocycles. The van der Waals surface area contributed by atoms with E-state index in [2.05, 4.69) is 15.9 Å². The van der Waals surface area contributed by atoms with Gasteiger partial charge in [-0.25, -0.2) is 8.78 Å². The van der Waals surface area contributed by atoms with Crippen LogP contribution in [0, 0.1) is 11.6 Å². The van der Waals surface area contributed by atoms with Crippen molar-refractivity contribution in [1.82, 2.24) is 0 Å². The van der Waals surface area contributed by atoms with Crippen molar-refractivity contribution in [1.29, 1.82) is 0 Å². The van der Waals surface area contributed by atoms with Crippen molar-refractivity contribution < 1.29 is 8.78 Å². The molecular formula is C12H6BrClF2. The third-order valence-corrected chi connectivity index (χ3v) is 2.97. The predicted molar refractivity (Wildman–Crippen MR) is 64.5 cm³/mol. The molecule has 0 amide bonds. The molecule has 0 aromatic heterocycles. The quantitative estimate of drug-likeness (QED) is 0.692. The molecule has 16 heavy (non-hydrogen) atoms. The van der Waals surface area contributed by atoms with Gasteiger partial charge < -0.3 is 0 Å². The summed E-state index contributed by atoms with van der Waals surface area (Å²) in [6, 6.07) is 8.58. The third-order valence-electron chi connectivity index (χ3n) is 2.16. The van der Waals surface area contributed by atoms with Crippen LogP contribution in [0.3, 0.4) is 0 Å². The second-order valence-electron chi connectivity index (χ2n) is 3.22. The first-order valence-electron chi connectivity index (χ1n) is 4.49. The summed E-state index contributed by atoms with van der Waals surface area (Å²) in [5, 5.41) is 0.192. The van der Waals surface area contributed by atoms with Crippen LogP contribution in [0.2, 0.25) is 5.02 Å². The fourth-order valence-corrected chi connectivity index (χ4v) is 2.07. The molecule has 0 radical (unpaired) electrons. The Morgan fingerprint density at radius 3 is 2.44 bits per heavy atom. The van der Waals surface area contributed by atoms with Gasteiger partial charge in [-0.15, -0.1) is 0 Å². The minimum Gasteiger partial charge on any atom is -0.206 e. The Kier molecular flexibility index (Phi) is 3.26. The molecule has 0 spiro atoms. The summed E-state index contributed by atoms with van der Waals surface area (Å²) in [6.45, 7) is 0. The van der Waals surface area contributed by atoms with E-state index in [9.17, 15) is 8.78 Å². The van der Waals surface area contributed by atoms with E-state index in [1.165, 1.54) is 30.3 Å². The second-order valence-corrected chi connectivity index (χ2v) is 4.54. The molecule has 2 rings (SSSR count). The van der Waals surface area contributed by atoms with Crippen LogP contribution in [0.1, 0.15) is 0 Å². The smallest absolute Gasteiger partial charge is 0.132 e. The highest BCUT2D eigenvalue weighted by atomic mass is 79.9. The normalized spacial score (nSPS) is 10.5. The molecule has 4 heteroatoms. The van der Waals surface area contributed by atoms with E-state index in [-0.39, 0.29) is 16.1 Å². The monoisotopic (exact) mass is 302 g/mol. The Morgan fingerprint density at radius 1 is 1.00 bits per heavy atom. The van der Waals surface area contributed by atoms with Crippen LogP contribution in [-0.4, -0.2) is 0 Å². The lowest BCUT2D eigenvalue weighted by molar-refractivity contribution is 0.616. The molecule has 82 valence electrons. The van der Waals surface area contributed by atoms with Crippen molar-refractivity contribution in [2.45, 2.75) is 0 Å². The topological polar surface area (TPSA) is 0 Å². The molecule has 0 unspecified atom stereocenters. The Hall–Kier alpha value is -0.930.